The Morgan fingerprint density at radius 1 is 1.45 bits per heavy atom. The van der Waals surface area contributed by atoms with Crippen molar-refractivity contribution in [1.29, 1.82) is 0 Å². The van der Waals surface area contributed by atoms with E-state index in [0.717, 1.165) is 26.2 Å². The van der Waals surface area contributed by atoms with Gasteiger partial charge in [0.15, 0.2) is 0 Å². The number of hydrogen-bond donors (Lipinski definition) is 3. The van der Waals surface area contributed by atoms with Crippen LogP contribution in [0.2, 0.25) is 0 Å². The Bertz CT molecular complexity index is 469. The maximum Gasteiger partial charge on any atom is 0.267 e. The van der Waals surface area contributed by atoms with E-state index in [9.17, 15) is 4.79 Å². The normalized spacial score (nSPS) is 17.1. The third-order valence-corrected chi connectivity index (χ3v) is 3.89. The molecular weight excluding hydrogens is 254 g/mol. The highest BCUT2D eigenvalue weighted by Crippen LogP contribution is 2.20. The minimum absolute atomic E-state index is 0.238. The van der Waals surface area contributed by atoms with Gasteiger partial charge in [0.25, 0.3) is 5.91 Å². The Morgan fingerprint density at radius 2 is 2.15 bits per heavy atom. The molecule has 0 radical (unpaired) electrons. The third kappa shape index (κ3) is 3.60. The third-order valence-electron chi connectivity index (χ3n) is 3.89. The van der Waals surface area contributed by atoms with Crippen LogP contribution in [0.1, 0.15) is 30.3 Å². The molecule has 1 aromatic rings. The van der Waals surface area contributed by atoms with Gasteiger partial charge in [-0.25, -0.2) is 4.98 Å². The molecule has 5 N–H and O–H groups in total. The molecule has 0 spiro atoms. The van der Waals surface area contributed by atoms with Crippen LogP contribution in [-0.2, 0) is 0 Å². The van der Waals surface area contributed by atoms with Crippen LogP contribution in [0.4, 0.5) is 11.5 Å². The van der Waals surface area contributed by atoms with E-state index in [-0.39, 0.29) is 5.69 Å². The van der Waals surface area contributed by atoms with Crippen molar-refractivity contribution in [2.75, 3.05) is 37.2 Å². The number of anilines is 2. The Hall–Kier alpha value is -1.82. The van der Waals surface area contributed by atoms with E-state index in [0.29, 0.717) is 17.4 Å². The SMILES string of the molecule is CCN1CCC(CNc2nc(C(N)=O)ccc2N)CC1. The molecule has 6 heteroatoms. The van der Waals surface area contributed by atoms with Gasteiger partial charge in [0.05, 0.1) is 5.69 Å². The minimum Gasteiger partial charge on any atom is -0.396 e. The zero-order chi connectivity index (χ0) is 14.5. The molecule has 0 saturated carbocycles. The van der Waals surface area contributed by atoms with Crippen LogP contribution in [0.15, 0.2) is 12.1 Å². The number of hydrogen-bond acceptors (Lipinski definition) is 5. The highest BCUT2D eigenvalue weighted by atomic mass is 16.1. The van der Waals surface area contributed by atoms with Gasteiger partial charge in [-0.1, -0.05) is 6.92 Å². The lowest BCUT2D eigenvalue weighted by Gasteiger charge is -2.31. The smallest absolute Gasteiger partial charge is 0.267 e. The molecule has 2 heterocycles. The van der Waals surface area contributed by atoms with E-state index >= 15 is 0 Å². The number of piperidine rings is 1. The monoisotopic (exact) mass is 277 g/mol. The number of carbonyl (C=O) groups is 1. The molecule has 110 valence electrons. The summed E-state index contributed by atoms with van der Waals surface area (Å²) in [6.45, 7) is 6.44. The molecule has 0 aromatic carbocycles. The Labute approximate surface area is 119 Å². The van der Waals surface area contributed by atoms with Crippen molar-refractivity contribution in [1.82, 2.24) is 9.88 Å². The lowest BCUT2D eigenvalue weighted by Crippen LogP contribution is -2.35. The summed E-state index contributed by atoms with van der Waals surface area (Å²) in [4.78, 5) is 17.7. The number of nitrogens with one attached hydrogen (secondary N) is 1. The number of aromatic nitrogens is 1. The van der Waals surface area contributed by atoms with Gasteiger partial charge in [-0.2, -0.15) is 0 Å². The topological polar surface area (TPSA) is 97.3 Å². The fraction of sp³-hybridized carbons (Fsp3) is 0.571. The number of amides is 1. The lowest BCUT2D eigenvalue weighted by molar-refractivity contribution is 0.0996. The maximum absolute atomic E-state index is 11.1. The van der Waals surface area contributed by atoms with E-state index in [1.54, 1.807) is 12.1 Å². The molecule has 0 aliphatic carbocycles. The van der Waals surface area contributed by atoms with Crippen LogP contribution < -0.4 is 16.8 Å². The molecule has 20 heavy (non-hydrogen) atoms. The molecule has 6 nitrogen and oxygen atoms in total. The van der Waals surface area contributed by atoms with Crippen molar-refractivity contribution in [3.8, 4) is 0 Å². The van der Waals surface area contributed by atoms with Crippen LogP contribution in [0, 0.1) is 5.92 Å². The van der Waals surface area contributed by atoms with E-state index in [1.807, 2.05) is 0 Å². The zero-order valence-corrected chi connectivity index (χ0v) is 11.9. The fourth-order valence-corrected chi connectivity index (χ4v) is 2.50. The van der Waals surface area contributed by atoms with Gasteiger partial charge in [0.2, 0.25) is 0 Å². The largest absolute Gasteiger partial charge is 0.396 e. The molecule has 1 aromatic heterocycles. The van der Waals surface area contributed by atoms with Gasteiger partial charge >= 0.3 is 0 Å². The van der Waals surface area contributed by atoms with E-state index < -0.39 is 5.91 Å². The van der Waals surface area contributed by atoms with Gasteiger partial charge in [0, 0.05) is 6.54 Å². The second-order valence-corrected chi connectivity index (χ2v) is 5.26. The first-order valence-electron chi connectivity index (χ1n) is 7.12. The molecule has 1 aliphatic heterocycles. The first kappa shape index (κ1) is 14.6. The second-order valence-electron chi connectivity index (χ2n) is 5.26. The highest BCUT2D eigenvalue weighted by molar-refractivity contribution is 5.91. The summed E-state index contributed by atoms with van der Waals surface area (Å²) >= 11 is 0. The summed E-state index contributed by atoms with van der Waals surface area (Å²) in [5.41, 5.74) is 11.9. The number of carbonyl (C=O) groups excluding carboxylic acids is 1. The van der Waals surface area contributed by atoms with E-state index in [4.69, 9.17) is 11.5 Å². The number of nitrogen functional groups attached to an aromatic ring is 1. The number of nitrogens with zero attached hydrogens (tertiary/aromatic N) is 2. The summed E-state index contributed by atoms with van der Waals surface area (Å²) in [5.74, 6) is 0.639. The highest BCUT2D eigenvalue weighted by Gasteiger charge is 2.18. The van der Waals surface area contributed by atoms with Gasteiger partial charge in [0.1, 0.15) is 11.5 Å². The van der Waals surface area contributed by atoms with Gasteiger partial charge in [-0.15, -0.1) is 0 Å². The quantitative estimate of drug-likeness (QED) is 0.743. The Morgan fingerprint density at radius 3 is 2.75 bits per heavy atom. The molecule has 1 saturated heterocycles. The first-order valence-corrected chi connectivity index (χ1v) is 7.12. The van der Waals surface area contributed by atoms with Crippen molar-refractivity contribution in [2.24, 2.45) is 11.7 Å². The van der Waals surface area contributed by atoms with Crippen molar-refractivity contribution in [3.63, 3.8) is 0 Å². The maximum atomic E-state index is 11.1. The van der Waals surface area contributed by atoms with Gasteiger partial charge in [-0.05, 0) is 50.5 Å². The summed E-state index contributed by atoms with van der Waals surface area (Å²) in [7, 11) is 0. The van der Waals surface area contributed by atoms with Crippen molar-refractivity contribution >= 4 is 17.4 Å². The average Bonchev–Trinajstić information content (AvgIpc) is 2.46. The van der Waals surface area contributed by atoms with Gasteiger partial charge < -0.3 is 21.7 Å². The lowest BCUT2D eigenvalue weighted by atomic mass is 9.97. The van der Waals surface area contributed by atoms with Gasteiger partial charge in [-0.3, -0.25) is 4.79 Å². The molecule has 0 bridgehead atoms. The Kier molecular flexibility index (Phi) is 4.79. The minimum atomic E-state index is -0.538. The molecule has 2 rings (SSSR count). The van der Waals surface area contributed by atoms with E-state index in [1.165, 1.54) is 12.8 Å². The zero-order valence-electron chi connectivity index (χ0n) is 11.9. The Balaban J connectivity index is 1.91. The van der Waals surface area contributed by atoms with Crippen LogP contribution in [0.3, 0.4) is 0 Å². The number of likely N-dealkylation sites (tertiary alicyclic amines) is 1. The second kappa shape index (κ2) is 6.56. The molecule has 0 unspecified atom stereocenters. The standard InChI is InChI=1S/C14H23N5O/c1-2-19-7-5-10(6-8-19)9-17-14-11(15)3-4-12(18-14)13(16)20/h3-4,10H,2,5-9,15H2,1H3,(H2,16,20)(H,17,18). The first-order chi connectivity index (χ1) is 9.60. The summed E-state index contributed by atoms with van der Waals surface area (Å²) in [6.07, 6.45) is 2.35. The summed E-state index contributed by atoms with van der Waals surface area (Å²) in [6, 6.07) is 3.21. The fourth-order valence-electron chi connectivity index (χ4n) is 2.50. The molecule has 0 atom stereocenters. The molecular formula is C14H23N5O. The predicted molar refractivity (Wildman–Crippen MR) is 80.5 cm³/mol. The number of pyridine rings is 1. The van der Waals surface area contributed by atoms with Crippen molar-refractivity contribution < 1.29 is 4.79 Å². The van der Waals surface area contributed by atoms with Crippen LogP contribution in [0.5, 0.6) is 0 Å². The predicted octanol–water partition coefficient (Wildman–Crippen LogP) is 0.906. The summed E-state index contributed by atoms with van der Waals surface area (Å²) < 4.78 is 0. The number of primary amides is 1. The van der Waals surface area contributed by atoms with Crippen molar-refractivity contribution in [2.45, 2.75) is 19.8 Å². The summed E-state index contributed by atoms with van der Waals surface area (Å²) in [5, 5.41) is 3.25. The van der Waals surface area contributed by atoms with Crippen LogP contribution >= 0.6 is 0 Å². The average molecular weight is 277 g/mol. The van der Waals surface area contributed by atoms with Crippen LogP contribution in [-0.4, -0.2) is 42.0 Å². The molecule has 1 aliphatic rings. The van der Waals surface area contributed by atoms with Crippen molar-refractivity contribution in [3.05, 3.63) is 17.8 Å². The number of rotatable bonds is 5. The molecule has 1 fully saturated rings. The van der Waals surface area contributed by atoms with E-state index in [2.05, 4.69) is 22.1 Å². The number of nitrogens with two attached hydrogens (primary N) is 2. The van der Waals surface area contributed by atoms with Crippen LogP contribution in [0.25, 0.3) is 0 Å². The molecule has 1 amide bonds.